The van der Waals surface area contributed by atoms with Gasteiger partial charge in [-0.05, 0) is 84.2 Å². The van der Waals surface area contributed by atoms with E-state index in [-0.39, 0.29) is 23.7 Å². The van der Waals surface area contributed by atoms with E-state index in [1.807, 2.05) is 19.2 Å². The van der Waals surface area contributed by atoms with Gasteiger partial charge in [0.15, 0.2) is 0 Å². The lowest BCUT2D eigenvalue weighted by Crippen LogP contribution is -2.37. The van der Waals surface area contributed by atoms with Gasteiger partial charge in [0.2, 0.25) is 5.91 Å². The fraction of sp³-hybridized carbons (Fsp3) is 0.536. The highest BCUT2D eigenvalue weighted by molar-refractivity contribution is 7.53. The molecular formula is C28H35F5NO4P. The summed E-state index contributed by atoms with van der Waals surface area (Å²) in [6, 6.07) is 6.05. The zero-order valence-corrected chi connectivity index (χ0v) is 23.1. The predicted octanol–water partition coefficient (Wildman–Crippen LogP) is 7.90. The monoisotopic (exact) mass is 575 g/mol. The molecule has 0 saturated carbocycles. The smallest absolute Gasteiger partial charge is 0.346 e. The molecule has 2 aromatic carbocycles. The molecule has 216 valence electrons. The molecule has 0 heterocycles. The first kappa shape index (κ1) is 31.2. The first-order valence-corrected chi connectivity index (χ1v) is 15.1. The number of hydrogen-bond donors (Lipinski definition) is 1. The van der Waals surface area contributed by atoms with E-state index in [9.17, 15) is 31.3 Å². The molecule has 11 heteroatoms. The Hall–Kier alpha value is -2.29. The molecule has 39 heavy (non-hydrogen) atoms. The standard InChI is InChI=1S/C28H35F5NO4P/c1-3-5-12-37-39(36,38-13-6-4-2)14-8-7-9-19-15-21(30)17-24-23-16-20(29)10-11-22(23)26(25(19)24)27(35)34-18-28(31,32)33/h10-11,15-17,26H,3-9,12-14,18H2,1-2H3,(H,34,35). The van der Waals surface area contributed by atoms with Crippen LogP contribution in [0.5, 0.6) is 0 Å². The molecule has 2 aromatic rings. The zero-order valence-electron chi connectivity index (χ0n) is 22.2. The largest absolute Gasteiger partial charge is 0.405 e. The van der Waals surface area contributed by atoms with Crippen molar-refractivity contribution in [2.24, 2.45) is 0 Å². The van der Waals surface area contributed by atoms with Crippen molar-refractivity contribution in [2.45, 2.75) is 70.9 Å². The van der Waals surface area contributed by atoms with Gasteiger partial charge in [-0.3, -0.25) is 9.36 Å². The summed E-state index contributed by atoms with van der Waals surface area (Å²) in [5, 5.41) is 1.92. The quantitative estimate of drug-likeness (QED) is 0.133. The zero-order chi connectivity index (χ0) is 28.6. The summed E-state index contributed by atoms with van der Waals surface area (Å²) in [6.45, 7) is 3.11. The molecule has 0 radical (unpaired) electrons. The first-order valence-electron chi connectivity index (χ1n) is 13.3. The minimum atomic E-state index is -4.61. The van der Waals surface area contributed by atoms with Crippen LogP contribution in [0.25, 0.3) is 11.1 Å². The molecular weight excluding hydrogens is 540 g/mol. The molecule has 0 fully saturated rings. The van der Waals surface area contributed by atoms with Gasteiger partial charge in [-0.15, -0.1) is 0 Å². The molecule has 3 rings (SSSR count). The average molecular weight is 576 g/mol. The fourth-order valence-corrected chi connectivity index (χ4v) is 6.42. The number of fused-ring (bicyclic) bond motifs is 3. The van der Waals surface area contributed by atoms with Crippen molar-refractivity contribution in [1.82, 2.24) is 5.32 Å². The lowest BCUT2D eigenvalue weighted by atomic mass is 9.90. The van der Waals surface area contributed by atoms with Gasteiger partial charge < -0.3 is 14.4 Å². The van der Waals surface area contributed by atoms with Gasteiger partial charge in [-0.25, -0.2) is 8.78 Å². The van der Waals surface area contributed by atoms with Crippen molar-refractivity contribution in [1.29, 1.82) is 0 Å². The number of unbranched alkanes of at least 4 members (excludes halogenated alkanes) is 3. The molecule has 0 aliphatic heterocycles. The summed E-state index contributed by atoms with van der Waals surface area (Å²) in [5.41, 5.74) is 1.66. The second-order valence-corrected chi connectivity index (χ2v) is 11.9. The molecule has 1 amide bonds. The van der Waals surface area contributed by atoms with E-state index in [4.69, 9.17) is 9.05 Å². The van der Waals surface area contributed by atoms with Gasteiger partial charge in [-0.1, -0.05) is 32.8 Å². The van der Waals surface area contributed by atoms with Gasteiger partial charge in [0, 0.05) is 0 Å². The fourth-order valence-electron chi connectivity index (χ4n) is 4.66. The second-order valence-electron chi connectivity index (χ2n) is 9.69. The van der Waals surface area contributed by atoms with Crippen LogP contribution < -0.4 is 5.32 Å². The number of carbonyl (C=O) groups excluding carboxylic acids is 1. The van der Waals surface area contributed by atoms with Crippen LogP contribution in [0, 0.1) is 11.6 Å². The predicted molar refractivity (Wildman–Crippen MR) is 140 cm³/mol. The Labute approximate surface area is 226 Å². The highest BCUT2D eigenvalue weighted by Crippen LogP contribution is 2.50. The summed E-state index contributed by atoms with van der Waals surface area (Å²) < 4.78 is 91.6. The molecule has 1 aliphatic rings. The van der Waals surface area contributed by atoms with E-state index >= 15 is 0 Å². The lowest BCUT2D eigenvalue weighted by Gasteiger charge is -2.20. The van der Waals surface area contributed by atoms with Gasteiger partial charge >= 0.3 is 13.8 Å². The van der Waals surface area contributed by atoms with Crippen molar-refractivity contribution >= 4 is 13.5 Å². The van der Waals surface area contributed by atoms with E-state index in [1.54, 1.807) is 0 Å². The number of halogens is 5. The van der Waals surface area contributed by atoms with Gasteiger partial charge in [0.25, 0.3) is 0 Å². The maximum Gasteiger partial charge on any atom is 0.405 e. The van der Waals surface area contributed by atoms with Crippen LogP contribution >= 0.6 is 7.60 Å². The van der Waals surface area contributed by atoms with Crippen molar-refractivity contribution < 1.29 is 40.4 Å². The Morgan fingerprint density at radius 3 is 2.18 bits per heavy atom. The summed E-state index contributed by atoms with van der Waals surface area (Å²) in [5.74, 6) is -3.25. The van der Waals surface area contributed by atoms with Crippen molar-refractivity contribution in [3.63, 3.8) is 0 Å². The molecule has 5 nitrogen and oxygen atoms in total. The summed E-state index contributed by atoms with van der Waals surface area (Å²) in [4.78, 5) is 13.0. The van der Waals surface area contributed by atoms with Crippen LogP contribution in [0.2, 0.25) is 0 Å². The average Bonchev–Trinajstić information content (AvgIpc) is 3.18. The molecule has 1 aliphatic carbocycles. The topological polar surface area (TPSA) is 64.6 Å². The number of amides is 1. The first-order chi connectivity index (χ1) is 18.5. The molecule has 0 bridgehead atoms. The van der Waals surface area contributed by atoms with Gasteiger partial charge in [0.1, 0.15) is 18.2 Å². The van der Waals surface area contributed by atoms with E-state index in [1.165, 1.54) is 18.2 Å². The third-order valence-electron chi connectivity index (χ3n) is 6.56. The van der Waals surface area contributed by atoms with Crippen molar-refractivity contribution in [3.05, 3.63) is 58.7 Å². The molecule has 1 atom stereocenters. The normalized spacial score (nSPS) is 14.8. The maximum absolute atomic E-state index is 14.7. The Balaban J connectivity index is 1.81. The molecule has 1 unspecified atom stereocenters. The van der Waals surface area contributed by atoms with E-state index < -0.39 is 43.8 Å². The maximum atomic E-state index is 14.7. The van der Waals surface area contributed by atoms with Crippen LogP contribution in [0.15, 0.2) is 30.3 Å². The molecule has 0 aromatic heterocycles. The third-order valence-corrected chi connectivity index (χ3v) is 8.58. The third kappa shape index (κ3) is 8.60. The number of hydrogen-bond acceptors (Lipinski definition) is 4. The number of benzene rings is 2. The summed E-state index contributed by atoms with van der Waals surface area (Å²) in [7, 11) is -3.32. The summed E-state index contributed by atoms with van der Waals surface area (Å²) >= 11 is 0. The van der Waals surface area contributed by atoms with E-state index in [2.05, 4.69) is 0 Å². The van der Waals surface area contributed by atoms with E-state index in [0.29, 0.717) is 42.7 Å². The van der Waals surface area contributed by atoms with Gasteiger partial charge in [-0.2, -0.15) is 13.2 Å². The highest BCUT2D eigenvalue weighted by Gasteiger charge is 2.38. The van der Waals surface area contributed by atoms with E-state index in [0.717, 1.165) is 37.8 Å². The SMILES string of the molecule is CCCCOP(=O)(CCCCc1cc(F)cc2c1C(C(=O)NCC(F)(F)F)c1ccc(F)cc1-2)OCCCC. The number of alkyl halides is 3. The number of aryl methyl sites for hydroxylation is 1. The van der Waals surface area contributed by atoms with Crippen LogP contribution in [0.3, 0.4) is 0 Å². The van der Waals surface area contributed by atoms with Crippen LogP contribution in [0.4, 0.5) is 22.0 Å². The second kappa shape index (κ2) is 13.9. The number of rotatable bonds is 15. The summed E-state index contributed by atoms with van der Waals surface area (Å²) in [6.07, 6.45) is -0.0650. The molecule has 1 N–H and O–H groups in total. The highest BCUT2D eigenvalue weighted by atomic mass is 31.2. The van der Waals surface area contributed by atoms with Crippen LogP contribution in [-0.2, 0) is 24.8 Å². The number of nitrogens with one attached hydrogen (secondary N) is 1. The minimum absolute atomic E-state index is 0.166. The Kier molecular flexibility index (Phi) is 11.1. The van der Waals surface area contributed by atoms with Gasteiger partial charge in [0.05, 0.1) is 25.3 Å². The minimum Gasteiger partial charge on any atom is -0.346 e. The van der Waals surface area contributed by atoms with Crippen molar-refractivity contribution in [2.75, 3.05) is 25.9 Å². The molecule has 0 spiro atoms. The molecule has 0 saturated heterocycles. The Morgan fingerprint density at radius 1 is 0.923 bits per heavy atom. The lowest BCUT2D eigenvalue weighted by molar-refractivity contribution is -0.138. The Bertz CT molecular complexity index is 1170. The van der Waals surface area contributed by atoms with Crippen LogP contribution in [-0.4, -0.2) is 38.0 Å². The number of carbonyl (C=O) groups is 1. The van der Waals surface area contributed by atoms with Crippen molar-refractivity contribution in [3.8, 4) is 11.1 Å². The van der Waals surface area contributed by atoms with Crippen LogP contribution in [0.1, 0.15) is 75.0 Å². The Morgan fingerprint density at radius 2 is 1.56 bits per heavy atom.